The molecule has 0 aliphatic carbocycles. The zero-order chi connectivity index (χ0) is 18.1. The number of hydrogen-bond donors (Lipinski definition) is 2. The van der Waals surface area contributed by atoms with E-state index in [9.17, 15) is 0 Å². The number of aliphatic imine (C=N–C) groups is 1. The van der Waals surface area contributed by atoms with Crippen LogP contribution in [0.1, 0.15) is 44.2 Å². The summed E-state index contributed by atoms with van der Waals surface area (Å²) in [5.41, 5.74) is 2.56. The average Bonchev–Trinajstić information content (AvgIpc) is 2.64. The van der Waals surface area contributed by atoms with Gasteiger partial charge < -0.3 is 15.4 Å². The van der Waals surface area contributed by atoms with Gasteiger partial charge in [-0.1, -0.05) is 30.7 Å². The molecule has 1 saturated heterocycles. The topological polar surface area (TPSA) is 48.9 Å². The molecule has 1 heterocycles. The van der Waals surface area contributed by atoms with E-state index in [0.29, 0.717) is 6.61 Å². The average molecular weight is 347 g/mol. The van der Waals surface area contributed by atoms with Gasteiger partial charge in [0.2, 0.25) is 0 Å². The summed E-state index contributed by atoms with van der Waals surface area (Å²) in [6.07, 6.45) is 4.00. The molecule has 5 nitrogen and oxygen atoms in total. The summed E-state index contributed by atoms with van der Waals surface area (Å²) in [5, 5.41) is 6.89. The van der Waals surface area contributed by atoms with Crippen LogP contribution in [0.5, 0.6) is 0 Å². The van der Waals surface area contributed by atoms with Crippen molar-refractivity contribution in [1.82, 2.24) is 15.5 Å². The van der Waals surface area contributed by atoms with Gasteiger partial charge >= 0.3 is 0 Å². The third-order valence-corrected chi connectivity index (χ3v) is 4.92. The summed E-state index contributed by atoms with van der Waals surface area (Å²) >= 11 is 0. The van der Waals surface area contributed by atoms with E-state index in [4.69, 9.17) is 4.74 Å². The fourth-order valence-electron chi connectivity index (χ4n) is 3.24. The molecule has 1 fully saturated rings. The molecular weight excluding hydrogens is 312 g/mol. The Balaban J connectivity index is 1.79. The van der Waals surface area contributed by atoms with E-state index in [0.717, 1.165) is 19.0 Å². The van der Waals surface area contributed by atoms with Crippen molar-refractivity contribution in [1.29, 1.82) is 0 Å². The Labute approximate surface area is 152 Å². The molecule has 2 rings (SSSR count). The minimum absolute atomic E-state index is 0.139. The van der Waals surface area contributed by atoms with Gasteiger partial charge in [-0.2, -0.15) is 0 Å². The maximum Gasteiger partial charge on any atom is 0.191 e. The summed E-state index contributed by atoms with van der Waals surface area (Å²) in [7, 11) is 3.54. The highest BCUT2D eigenvalue weighted by Crippen LogP contribution is 2.19. The fraction of sp³-hybridized carbons (Fsp3) is 0.650. The second kappa shape index (κ2) is 9.78. The summed E-state index contributed by atoms with van der Waals surface area (Å²) in [4.78, 5) is 6.94. The number of guanidine groups is 1. The first kappa shape index (κ1) is 19.7. The zero-order valence-corrected chi connectivity index (χ0v) is 16.3. The van der Waals surface area contributed by atoms with Crippen LogP contribution in [-0.4, -0.2) is 50.2 Å². The molecule has 0 aromatic heterocycles. The predicted molar refractivity (Wildman–Crippen MR) is 105 cm³/mol. The standard InChI is InChI=1S/C20H34N4O/c1-20(2,24-12-6-5-7-13-24)16-23-19(21-3)22-14-17-8-10-18(11-9-17)15-25-4/h8-11H,5-7,12-16H2,1-4H3,(H2,21,22,23). The van der Waals surface area contributed by atoms with Gasteiger partial charge in [0, 0.05) is 32.8 Å². The van der Waals surface area contributed by atoms with Crippen molar-refractivity contribution < 1.29 is 4.74 Å². The van der Waals surface area contributed by atoms with Gasteiger partial charge in [0.1, 0.15) is 0 Å². The Morgan fingerprint density at radius 2 is 1.72 bits per heavy atom. The zero-order valence-electron chi connectivity index (χ0n) is 16.3. The molecular formula is C20H34N4O. The van der Waals surface area contributed by atoms with Gasteiger partial charge in [-0.05, 0) is 50.9 Å². The SMILES string of the molecule is CN=C(NCc1ccc(COC)cc1)NCC(C)(C)N1CCCCC1. The lowest BCUT2D eigenvalue weighted by Gasteiger charge is -2.41. The first-order valence-corrected chi connectivity index (χ1v) is 9.31. The van der Waals surface area contributed by atoms with Crippen LogP contribution in [0.25, 0.3) is 0 Å². The van der Waals surface area contributed by atoms with Crippen molar-refractivity contribution in [2.24, 2.45) is 4.99 Å². The molecule has 0 amide bonds. The normalized spacial score (nSPS) is 16.7. The van der Waals surface area contributed by atoms with Gasteiger partial charge in [0.25, 0.3) is 0 Å². The highest BCUT2D eigenvalue weighted by atomic mass is 16.5. The number of methoxy groups -OCH3 is 1. The smallest absolute Gasteiger partial charge is 0.191 e. The summed E-state index contributed by atoms with van der Waals surface area (Å²) in [6, 6.07) is 8.48. The van der Waals surface area contributed by atoms with E-state index in [2.05, 4.69) is 58.6 Å². The number of likely N-dealkylation sites (tertiary alicyclic amines) is 1. The number of nitrogens with zero attached hydrogens (tertiary/aromatic N) is 2. The Bertz CT molecular complexity index is 533. The first-order chi connectivity index (χ1) is 12.0. The number of benzene rings is 1. The molecule has 0 bridgehead atoms. The maximum atomic E-state index is 5.15. The predicted octanol–water partition coefficient (Wildman–Crippen LogP) is 2.76. The molecule has 0 spiro atoms. The van der Waals surface area contributed by atoms with E-state index in [1.807, 2.05) is 7.05 Å². The molecule has 2 N–H and O–H groups in total. The minimum Gasteiger partial charge on any atom is -0.380 e. The summed E-state index contributed by atoms with van der Waals surface area (Å²) in [5.74, 6) is 0.853. The number of hydrogen-bond acceptors (Lipinski definition) is 3. The van der Waals surface area contributed by atoms with Crippen LogP contribution in [0.2, 0.25) is 0 Å². The summed E-state index contributed by atoms with van der Waals surface area (Å²) < 4.78 is 5.15. The van der Waals surface area contributed by atoms with Gasteiger partial charge in [-0.25, -0.2) is 0 Å². The lowest BCUT2D eigenvalue weighted by molar-refractivity contribution is 0.0982. The van der Waals surface area contributed by atoms with Gasteiger partial charge in [0.05, 0.1) is 6.61 Å². The molecule has 1 aliphatic rings. The monoisotopic (exact) mass is 346 g/mol. The van der Waals surface area contributed by atoms with Crippen LogP contribution in [0.15, 0.2) is 29.3 Å². The van der Waals surface area contributed by atoms with Crippen molar-refractivity contribution in [3.8, 4) is 0 Å². The largest absolute Gasteiger partial charge is 0.380 e. The van der Waals surface area contributed by atoms with Crippen molar-refractivity contribution in [2.75, 3.05) is 33.8 Å². The Hall–Kier alpha value is -1.59. The third kappa shape index (κ3) is 6.33. The van der Waals surface area contributed by atoms with Crippen molar-refractivity contribution >= 4 is 5.96 Å². The van der Waals surface area contributed by atoms with Crippen molar-refractivity contribution in [2.45, 2.75) is 51.8 Å². The molecule has 140 valence electrons. The number of piperidine rings is 1. The highest BCUT2D eigenvalue weighted by Gasteiger charge is 2.27. The van der Waals surface area contributed by atoms with Crippen LogP contribution < -0.4 is 10.6 Å². The van der Waals surface area contributed by atoms with Crippen LogP contribution >= 0.6 is 0 Å². The fourth-order valence-corrected chi connectivity index (χ4v) is 3.24. The lowest BCUT2D eigenvalue weighted by atomic mass is 9.98. The molecule has 0 unspecified atom stereocenters. The van der Waals surface area contributed by atoms with Crippen LogP contribution in [0.3, 0.4) is 0 Å². The van der Waals surface area contributed by atoms with E-state index in [1.165, 1.54) is 43.5 Å². The molecule has 1 aromatic rings. The number of ether oxygens (including phenoxy) is 1. The molecule has 5 heteroatoms. The highest BCUT2D eigenvalue weighted by molar-refractivity contribution is 5.79. The molecule has 0 saturated carbocycles. The van der Waals surface area contributed by atoms with Gasteiger partial charge in [-0.3, -0.25) is 9.89 Å². The third-order valence-electron chi connectivity index (χ3n) is 4.92. The maximum absolute atomic E-state index is 5.15. The molecule has 25 heavy (non-hydrogen) atoms. The van der Waals surface area contributed by atoms with Gasteiger partial charge in [0.15, 0.2) is 5.96 Å². The van der Waals surface area contributed by atoms with E-state index in [-0.39, 0.29) is 5.54 Å². The Morgan fingerprint density at radius 1 is 1.08 bits per heavy atom. The van der Waals surface area contributed by atoms with Crippen LogP contribution in [-0.2, 0) is 17.9 Å². The molecule has 1 aliphatic heterocycles. The first-order valence-electron chi connectivity index (χ1n) is 9.31. The number of nitrogens with one attached hydrogen (secondary N) is 2. The Morgan fingerprint density at radius 3 is 2.32 bits per heavy atom. The minimum atomic E-state index is 0.139. The van der Waals surface area contributed by atoms with E-state index >= 15 is 0 Å². The second-order valence-corrected chi connectivity index (χ2v) is 7.39. The number of rotatable bonds is 7. The second-order valence-electron chi connectivity index (χ2n) is 7.39. The van der Waals surface area contributed by atoms with Crippen LogP contribution in [0, 0.1) is 0 Å². The van der Waals surface area contributed by atoms with Crippen LogP contribution in [0.4, 0.5) is 0 Å². The van der Waals surface area contributed by atoms with E-state index < -0.39 is 0 Å². The molecule has 0 radical (unpaired) electrons. The quantitative estimate of drug-likeness (QED) is 0.589. The van der Waals surface area contributed by atoms with Gasteiger partial charge in [-0.15, -0.1) is 0 Å². The lowest BCUT2D eigenvalue weighted by Crippen LogP contribution is -2.54. The van der Waals surface area contributed by atoms with Crippen molar-refractivity contribution in [3.05, 3.63) is 35.4 Å². The summed E-state index contributed by atoms with van der Waals surface area (Å²) in [6.45, 7) is 9.34. The Kier molecular flexibility index (Phi) is 7.72. The van der Waals surface area contributed by atoms with Crippen molar-refractivity contribution in [3.63, 3.8) is 0 Å². The molecule has 1 aromatic carbocycles. The van der Waals surface area contributed by atoms with E-state index in [1.54, 1.807) is 7.11 Å². The molecule has 0 atom stereocenters.